The number of rotatable bonds is 3. The molecule has 0 spiro atoms. The molecule has 0 aliphatic rings. The van der Waals surface area contributed by atoms with E-state index in [0.717, 1.165) is 13.1 Å². The van der Waals surface area contributed by atoms with Gasteiger partial charge in [0.2, 0.25) is 0 Å². The van der Waals surface area contributed by atoms with Gasteiger partial charge in [0.25, 0.3) is 0 Å². The lowest BCUT2D eigenvalue weighted by Crippen LogP contribution is -2.16. The van der Waals surface area contributed by atoms with Crippen molar-refractivity contribution < 1.29 is 0 Å². The third kappa shape index (κ3) is 3.12. The van der Waals surface area contributed by atoms with E-state index in [1.54, 1.807) is 0 Å². The monoisotopic (exact) mass is 241 g/mol. The molecule has 1 rings (SSSR count). The summed E-state index contributed by atoms with van der Waals surface area (Å²) in [4.78, 5) is 2.29. The van der Waals surface area contributed by atoms with Crippen LogP contribution in [0.1, 0.15) is 18.1 Å². The van der Waals surface area contributed by atoms with Gasteiger partial charge in [0.15, 0.2) is 0 Å². The molecule has 0 heterocycles. The smallest absolute Gasteiger partial charge is 0.0230 e. The van der Waals surface area contributed by atoms with Gasteiger partial charge in [0.05, 0.1) is 0 Å². The fraction of sp³-hybridized carbons (Fsp3) is 0.455. The Hall–Kier alpha value is -0.340. The van der Waals surface area contributed by atoms with Crippen LogP contribution in [0.25, 0.3) is 0 Å². The summed E-state index contributed by atoms with van der Waals surface area (Å²) in [5.74, 6) is 0. The zero-order chi connectivity index (χ0) is 9.84. The van der Waals surface area contributed by atoms with Crippen molar-refractivity contribution >= 4 is 15.9 Å². The van der Waals surface area contributed by atoms with Crippen LogP contribution < -0.4 is 0 Å². The molecule has 0 saturated heterocycles. The van der Waals surface area contributed by atoms with Crippen LogP contribution in [-0.2, 0) is 6.54 Å². The second-order valence-corrected chi connectivity index (χ2v) is 4.27. The van der Waals surface area contributed by atoms with E-state index >= 15 is 0 Å². The number of benzene rings is 1. The Morgan fingerprint density at radius 2 is 2.08 bits per heavy atom. The summed E-state index contributed by atoms with van der Waals surface area (Å²) in [5.41, 5.74) is 2.69. The van der Waals surface area contributed by atoms with Gasteiger partial charge in [-0.05, 0) is 37.7 Å². The summed E-state index contributed by atoms with van der Waals surface area (Å²) in [6, 6.07) is 6.52. The zero-order valence-electron chi connectivity index (χ0n) is 8.47. The van der Waals surface area contributed by atoms with E-state index in [1.165, 1.54) is 15.6 Å². The number of halogens is 1. The lowest BCUT2D eigenvalue weighted by atomic mass is 10.1. The Balaban J connectivity index is 2.73. The molecule has 72 valence electrons. The third-order valence-corrected chi connectivity index (χ3v) is 3.10. The van der Waals surface area contributed by atoms with Crippen molar-refractivity contribution in [3.05, 3.63) is 33.8 Å². The molecule has 13 heavy (non-hydrogen) atoms. The molecule has 0 N–H and O–H groups in total. The second kappa shape index (κ2) is 4.77. The average molecular weight is 242 g/mol. The third-order valence-electron chi connectivity index (χ3n) is 2.21. The maximum absolute atomic E-state index is 3.50. The van der Waals surface area contributed by atoms with Crippen LogP contribution in [0.4, 0.5) is 0 Å². The first kappa shape index (κ1) is 10.7. The van der Waals surface area contributed by atoms with E-state index < -0.39 is 0 Å². The molecule has 0 aromatic heterocycles. The minimum atomic E-state index is 1.03. The van der Waals surface area contributed by atoms with Crippen LogP contribution >= 0.6 is 15.9 Å². The Bertz CT molecular complexity index is 283. The van der Waals surface area contributed by atoms with Crippen LogP contribution in [0, 0.1) is 6.92 Å². The van der Waals surface area contributed by atoms with Gasteiger partial charge in [-0.2, -0.15) is 0 Å². The highest BCUT2D eigenvalue weighted by Gasteiger charge is 1.99. The summed E-state index contributed by atoms with van der Waals surface area (Å²) >= 11 is 3.50. The van der Waals surface area contributed by atoms with Crippen LogP contribution in [0.3, 0.4) is 0 Å². The summed E-state index contributed by atoms with van der Waals surface area (Å²) < 4.78 is 1.19. The molecule has 0 aliphatic heterocycles. The Morgan fingerprint density at radius 1 is 1.38 bits per heavy atom. The van der Waals surface area contributed by atoms with Crippen molar-refractivity contribution in [2.45, 2.75) is 20.4 Å². The molecule has 0 saturated carbocycles. The Morgan fingerprint density at radius 3 is 2.62 bits per heavy atom. The molecule has 0 atom stereocenters. The minimum Gasteiger partial charge on any atom is -0.302 e. The molecule has 1 aromatic rings. The standard InChI is InChI=1S/C11H16BrN/c1-4-13(3)8-10-5-6-11(12)9(2)7-10/h5-7H,4,8H2,1-3H3. The Labute approximate surface area is 88.9 Å². The van der Waals surface area contributed by atoms with E-state index in [9.17, 15) is 0 Å². The number of nitrogens with zero attached hydrogens (tertiary/aromatic N) is 1. The zero-order valence-corrected chi connectivity index (χ0v) is 10.1. The first-order valence-corrected chi connectivity index (χ1v) is 5.36. The van der Waals surface area contributed by atoms with Gasteiger partial charge in [-0.25, -0.2) is 0 Å². The Kier molecular flexibility index (Phi) is 3.94. The van der Waals surface area contributed by atoms with Gasteiger partial charge >= 0.3 is 0 Å². The fourth-order valence-corrected chi connectivity index (χ4v) is 1.48. The van der Waals surface area contributed by atoms with Crippen molar-refractivity contribution in [3.63, 3.8) is 0 Å². The summed E-state index contributed by atoms with van der Waals surface area (Å²) in [6.07, 6.45) is 0. The van der Waals surface area contributed by atoms with Crippen molar-refractivity contribution in [2.75, 3.05) is 13.6 Å². The first-order valence-electron chi connectivity index (χ1n) is 4.57. The lowest BCUT2D eigenvalue weighted by molar-refractivity contribution is 0.345. The number of hydrogen-bond acceptors (Lipinski definition) is 1. The van der Waals surface area contributed by atoms with E-state index in [4.69, 9.17) is 0 Å². The maximum Gasteiger partial charge on any atom is 0.0230 e. The predicted octanol–water partition coefficient (Wildman–Crippen LogP) is 3.21. The van der Waals surface area contributed by atoms with Crippen LogP contribution in [0.15, 0.2) is 22.7 Å². The highest BCUT2D eigenvalue weighted by atomic mass is 79.9. The van der Waals surface area contributed by atoms with Gasteiger partial charge < -0.3 is 4.90 Å². The first-order chi connectivity index (χ1) is 6.13. The van der Waals surface area contributed by atoms with Crippen molar-refractivity contribution in [2.24, 2.45) is 0 Å². The molecule has 0 bridgehead atoms. The minimum absolute atomic E-state index is 1.03. The van der Waals surface area contributed by atoms with E-state index in [2.05, 4.69) is 59.9 Å². The van der Waals surface area contributed by atoms with Gasteiger partial charge in [-0.3, -0.25) is 0 Å². The lowest BCUT2D eigenvalue weighted by Gasteiger charge is -2.14. The number of hydrogen-bond donors (Lipinski definition) is 0. The summed E-state index contributed by atoms with van der Waals surface area (Å²) in [6.45, 7) is 6.42. The molecule has 1 aromatic carbocycles. The van der Waals surface area contributed by atoms with Crippen LogP contribution in [0.5, 0.6) is 0 Å². The number of aryl methyl sites for hydroxylation is 1. The highest BCUT2D eigenvalue weighted by molar-refractivity contribution is 9.10. The molecule has 0 radical (unpaired) electrons. The van der Waals surface area contributed by atoms with Crippen molar-refractivity contribution in [3.8, 4) is 0 Å². The van der Waals surface area contributed by atoms with Crippen LogP contribution in [-0.4, -0.2) is 18.5 Å². The molecular weight excluding hydrogens is 226 g/mol. The molecule has 2 heteroatoms. The molecular formula is C11H16BrN. The quantitative estimate of drug-likeness (QED) is 0.786. The summed E-state index contributed by atoms with van der Waals surface area (Å²) in [5, 5.41) is 0. The molecule has 0 amide bonds. The summed E-state index contributed by atoms with van der Waals surface area (Å²) in [7, 11) is 2.14. The maximum atomic E-state index is 3.50. The molecule has 0 unspecified atom stereocenters. The van der Waals surface area contributed by atoms with Gasteiger partial charge in [-0.1, -0.05) is 35.0 Å². The van der Waals surface area contributed by atoms with Gasteiger partial charge in [-0.15, -0.1) is 0 Å². The van der Waals surface area contributed by atoms with Crippen molar-refractivity contribution in [1.29, 1.82) is 0 Å². The highest BCUT2D eigenvalue weighted by Crippen LogP contribution is 2.17. The molecule has 1 nitrogen and oxygen atoms in total. The largest absolute Gasteiger partial charge is 0.302 e. The van der Waals surface area contributed by atoms with E-state index in [0.29, 0.717) is 0 Å². The topological polar surface area (TPSA) is 3.24 Å². The van der Waals surface area contributed by atoms with Crippen molar-refractivity contribution in [1.82, 2.24) is 4.90 Å². The van der Waals surface area contributed by atoms with Crippen LogP contribution in [0.2, 0.25) is 0 Å². The molecule has 0 fully saturated rings. The predicted molar refractivity (Wildman–Crippen MR) is 60.9 cm³/mol. The van der Waals surface area contributed by atoms with E-state index in [1.807, 2.05) is 0 Å². The van der Waals surface area contributed by atoms with Gasteiger partial charge in [0, 0.05) is 11.0 Å². The second-order valence-electron chi connectivity index (χ2n) is 3.41. The SMILES string of the molecule is CCN(C)Cc1ccc(Br)c(C)c1. The normalized spacial score (nSPS) is 10.8. The fourth-order valence-electron chi connectivity index (χ4n) is 1.23. The van der Waals surface area contributed by atoms with Gasteiger partial charge in [0.1, 0.15) is 0 Å². The average Bonchev–Trinajstić information content (AvgIpc) is 2.11. The van der Waals surface area contributed by atoms with E-state index in [-0.39, 0.29) is 0 Å². The molecule has 0 aliphatic carbocycles.